The fraction of sp³-hybridized carbons (Fsp3) is 0.727. The molecule has 90 valence electrons. The van der Waals surface area contributed by atoms with Crippen molar-refractivity contribution in [3.8, 4) is 0 Å². The Morgan fingerprint density at radius 2 is 2.50 bits per heavy atom. The summed E-state index contributed by atoms with van der Waals surface area (Å²) in [5.74, 6) is 0. The van der Waals surface area contributed by atoms with E-state index in [9.17, 15) is 5.11 Å². The summed E-state index contributed by atoms with van der Waals surface area (Å²) >= 11 is 0. The van der Waals surface area contributed by atoms with Gasteiger partial charge in [-0.25, -0.2) is 0 Å². The summed E-state index contributed by atoms with van der Waals surface area (Å²) in [6.45, 7) is 4.13. The summed E-state index contributed by atoms with van der Waals surface area (Å²) in [5, 5.41) is 17.5. The Morgan fingerprint density at radius 3 is 3.12 bits per heavy atom. The van der Waals surface area contributed by atoms with Crippen LogP contribution in [0.15, 0.2) is 18.5 Å². The number of likely N-dealkylation sites (N-methyl/N-ethyl adjacent to an activating group) is 1. The van der Waals surface area contributed by atoms with E-state index in [-0.39, 0.29) is 0 Å². The molecular formula is C11H20N4O. The van der Waals surface area contributed by atoms with Gasteiger partial charge in [0, 0.05) is 32.0 Å². The number of β-amino-alcohol motifs (C(OH)–C–C–N with tert-alkyl or cyclic N) is 1. The number of aromatic nitrogens is 2. The first-order chi connectivity index (χ1) is 7.68. The molecule has 1 aromatic rings. The molecular weight excluding hydrogens is 204 g/mol. The molecule has 16 heavy (non-hydrogen) atoms. The molecule has 0 bridgehead atoms. The van der Waals surface area contributed by atoms with Gasteiger partial charge in [0.1, 0.15) is 0 Å². The van der Waals surface area contributed by atoms with E-state index >= 15 is 0 Å². The lowest BCUT2D eigenvalue weighted by Gasteiger charge is -2.27. The van der Waals surface area contributed by atoms with Crippen molar-refractivity contribution in [2.45, 2.75) is 18.6 Å². The second kappa shape index (κ2) is 4.95. The Labute approximate surface area is 96.1 Å². The number of hydrogen-bond acceptors (Lipinski definition) is 4. The van der Waals surface area contributed by atoms with Crippen molar-refractivity contribution in [1.82, 2.24) is 20.0 Å². The van der Waals surface area contributed by atoms with Crippen LogP contribution in [-0.4, -0.2) is 58.6 Å². The Kier molecular flexibility index (Phi) is 3.58. The van der Waals surface area contributed by atoms with Gasteiger partial charge < -0.3 is 15.3 Å². The monoisotopic (exact) mass is 224 g/mol. The highest BCUT2D eigenvalue weighted by atomic mass is 16.3. The predicted molar refractivity (Wildman–Crippen MR) is 62.2 cm³/mol. The van der Waals surface area contributed by atoms with E-state index in [1.54, 1.807) is 6.20 Å². The van der Waals surface area contributed by atoms with E-state index < -0.39 is 5.60 Å². The molecule has 1 aliphatic heterocycles. The molecule has 0 radical (unpaired) electrons. The Balaban J connectivity index is 1.73. The number of hydrogen-bond donors (Lipinski definition) is 2. The molecule has 1 saturated heterocycles. The molecule has 1 fully saturated rings. The summed E-state index contributed by atoms with van der Waals surface area (Å²) < 4.78 is 1.91. The van der Waals surface area contributed by atoms with Crippen LogP contribution in [0.25, 0.3) is 0 Å². The van der Waals surface area contributed by atoms with Crippen molar-refractivity contribution in [3.63, 3.8) is 0 Å². The average Bonchev–Trinajstić information content (AvgIpc) is 2.86. The highest BCUT2D eigenvalue weighted by Crippen LogP contribution is 2.14. The van der Waals surface area contributed by atoms with Crippen molar-refractivity contribution in [2.75, 3.05) is 33.2 Å². The van der Waals surface area contributed by atoms with Gasteiger partial charge in [-0.15, -0.1) is 0 Å². The van der Waals surface area contributed by atoms with E-state index in [0.29, 0.717) is 6.54 Å². The first kappa shape index (κ1) is 11.6. The van der Waals surface area contributed by atoms with Crippen LogP contribution < -0.4 is 5.32 Å². The number of nitrogens with zero attached hydrogens (tertiary/aromatic N) is 3. The van der Waals surface area contributed by atoms with E-state index in [2.05, 4.69) is 15.3 Å². The maximum atomic E-state index is 10.2. The van der Waals surface area contributed by atoms with Gasteiger partial charge in [-0.05, 0) is 26.1 Å². The number of rotatable bonds is 5. The molecule has 0 saturated carbocycles. The molecule has 5 heteroatoms. The van der Waals surface area contributed by atoms with Crippen molar-refractivity contribution >= 4 is 0 Å². The predicted octanol–water partition coefficient (Wildman–Crippen LogP) is -0.461. The lowest BCUT2D eigenvalue weighted by Crippen LogP contribution is -2.44. The fourth-order valence-corrected chi connectivity index (χ4v) is 2.15. The van der Waals surface area contributed by atoms with Crippen molar-refractivity contribution in [1.29, 1.82) is 0 Å². The van der Waals surface area contributed by atoms with E-state index in [1.807, 2.05) is 24.0 Å². The van der Waals surface area contributed by atoms with Crippen molar-refractivity contribution in [2.24, 2.45) is 0 Å². The standard InChI is InChI=1S/C11H20N4O/c1-14(7-8-15-6-2-4-13-15)10-11(16)3-5-12-9-11/h2,4,6,12,16H,3,5,7-10H2,1H3. The van der Waals surface area contributed by atoms with Gasteiger partial charge in [0.15, 0.2) is 0 Å². The molecule has 1 aromatic heterocycles. The van der Waals surface area contributed by atoms with Crippen LogP contribution in [0.3, 0.4) is 0 Å². The molecule has 0 amide bonds. The summed E-state index contributed by atoms with van der Waals surface area (Å²) in [6, 6.07) is 1.93. The first-order valence-corrected chi connectivity index (χ1v) is 5.77. The third-order valence-corrected chi connectivity index (χ3v) is 3.06. The normalized spacial score (nSPS) is 25.4. The first-order valence-electron chi connectivity index (χ1n) is 5.77. The number of aliphatic hydroxyl groups is 1. The van der Waals surface area contributed by atoms with Crippen LogP contribution in [-0.2, 0) is 6.54 Å². The Morgan fingerprint density at radius 1 is 1.62 bits per heavy atom. The van der Waals surface area contributed by atoms with Gasteiger partial charge in [-0.2, -0.15) is 5.10 Å². The lowest BCUT2D eigenvalue weighted by atomic mass is 10.0. The van der Waals surface area contributed by atoms with Gasteiger partial charge in [0.25, 0.3) is 0 Å². The zero-order valence-corrected chi connectivity index (χ0v) is 9.76. The Hall–Kier alpha value is -0.910. The molecule has 2 heterocycles. The third kappa shape index (κ3) is 3.04. The molecule has 5 nitrogen and oxygen atoms in total. The largest absolute Gasteiger partial charge is 0.387 e. The minimum Gasteiger partial charge on any atom is -0.387 e. The summed E-state index contributed by atoms with van der Waals surface area (Å²) in [7, 11) is 2.04. The molecule has 0 spiro atoms. The number of nitrogens with one attached hydrogen (secondary N) is 1. The third-order valence-electron chi connectivity index (χ3n) is 3.06. The maximum absolute atomic E-state index is 10.2. The molecule has 1 unspecified atom stereocenters. The zero-order chi connectivity index (χ0) is 11.4. The topological polar surface area (TPSA) is 53.3 Å². The molecule has 1 atom stereocenters. The summed E-state index contributed by atoms with van der Waals surface area (Å²) in [6.07, 6.45) is 4.59. The maximum Gasteiger partial charge on any atom is 0.0909 e. The van der Waals surface area contributed by atoms with Crippen molar-refractivity contribution in [3.05, 3.63) is 18.5 Å². The molecule has 2 N–H and O–H groups in total. The quantitative estimate of drug-likeness (QED) is 0.710. The van der Waals surface area contributed by atoms with Gasteiger partial charge in [0.05, 0.1) is 12.1 Å². The second-order valence-electron chi connectivity index (χ2n) is 4.66. The van der Waals surface area contributed by atoms with Crippen LogP contribution in [0.2, 0.25) is 0 Å². The average molecular weight is 224 g/mol. The molecule has 2 rings (SSSR count). The van der Waals surface area contributed by atoms with Gasteiger partial charge in [-0.3, -0.25) is 4.68 Å². The van der Waals surface area contributed by atoms with Crippen molar-refractivity contribution < 1.29 is 5.11 Å². The highest BCUT2D eigenvalue weighted by Gasteiger charge is 2.31. The minimum atomic E-state index is -0.543. The van der Waals surface area contributed by atoms with Gasteiger partial charge >= 0.3 is 0 Å². The Bertz CT molecular complexity index is 306. The van der Waals surface area contributed by atoms with Crippen LogP contribution in [0, 0.1) is 0 Å². The molecule has 0 aromatic carbocycles. The van der Waals surface area contributed by atoms with Crippen LogP contribution in [0.5, 0.6) is 0 Å². The second-order valence-corrected chi connectivity index (χ2v) is 4.66. The smallest absolute Gasteiger partial charge is 0.0909 e. The van der Waals surface area contributed by atoms with E-state index in [1.165, 1.54) is 0 Å². The molecule has 1 aliphatic rings. The van der Waals surface area contributed by atoms with E-state index in [4.69, 9.17) is 0 Å². The molecule has 0 aliphatic carbocycles. The van der Waals surface area contributed by atoms with Gasteiger partial charge in [0.2, 0.25) is 0 Å². The van der Waals surface area contributed by atoms with E-state index in [0.717, 1.165) is 32.6 Å². The highest BCUT2D eigenvalue weighted by molar-refractivity contribution is 4.90. The SMILES string of the molecule is CN(CCn1cccn1)CC1(O)CCNC1. The van der Waals surface area contributed by atoms with Crippen LogP contribution >= 0.6 is 0 Å². The summed E-state index contributed by atoms with van der Waals surface area (Å²) in [4.78, 5) is 2.16. The van der Waals surface area contributed by atoms with Crippen LogP contribution in [0.4, 0.5) is 0 Å². The van der Waals surface area contributed by atoms with Gasteiger partial charge in [-0.1, -0.05) is 0 Å². The lowest BCUT2D eigenvalue weighted by molar-refractivity contribution is 0.0274. The summed E-state index contributed by atoms with van der Waals surface area (Å²) in [5.41, 5.74) is -0.543. The fourth-order valence-electron chi connectivity index (χ4n) is 2.15. The van der Waals surface area contributed by atoms with Crippen LogP contribution in [0.1, 0.15) is 6.42 Å². The minimum absolute atomic E-state index is 0.543. The zero-order valence-electron chi connectivity index (χ0n) is 9.76.